The number of aromatic nitrogens is 1. The summed E-state index contributed by atoms with van der Waals surface area (Å²) in [5, 5.41) is 11.6. The highest BCUT2D eigenvalue weighted by atomic mass is 16.4. The molecule has 78 valence electrons. The van der Waals surface area contributed by atoms with Gasteiger partial charge in [0.25, 0.3) is 0 Å². The van der Waals surface area contributed by atoms with E-state index in [2.05, 4.69) is 10.3 Å². The number of H-pyrrole nitrogens is 1. The van der Waals surface area contributed by atoms with Gasteiger partial charge in [0.2, 0.25) is 0 Å². The zero-order valence-electron chi connectivity index (χ0n) is 8.12. The Hall–Kier alpha value is -1.29. The Balaban J connectivity index is 1.92. The van der Waals surface area contributed by atoms with Gasteiger partial charge in [-0.25, -0.2) is 0 Å². The predicted octanol–water partition coefficient (Wildman–Crippen LogP) is 1.36. The second-order valence-corrected chi connectivity index (χ2v) is 3.25. The normalized spacial score (nSPS) is 10.3. The molecular weight excluding hydrogens is 180 g/mol. The lowest BCUT2D eigenvalue weighted by molar-refractivity contribution is -0.137. The summed E-state index contributed by atoms with van der Waals surface area (Å²) in [4.78, 5) is 13.2. The highest BCUT2D eigenvalue weighted by molar-refractivity contribution is 5.66. The average Bonchev–Trinajstić information content (AvgIpc) is 2.63. The Morgan fingerprint density at radius 1 is 1.50 bits per heavy atom. The molecule has 0 aliphatic heterocycles. The molecule has 0 unspecified atom stereocenters. The van der Waals surface area contributed by atoms with Gasteiger partial charge in [0, 0.05) is 25.4 Å². The van der Waals surface area contributed by atoms with Crippen LogP contribution in [0.5, 0.6) is 0 Å². The molecule has 3 N–H and O–H groups in total. The van der Waals surface area contributed by atoms with Crippen LogP contribution in [0.4, 0.5) is 0 Å². The van der Waals surface area contributed by atoms with Crippen LogP contribution in [0.1, 0.15) is 24.8 Å². The molecule has 1 rings (SSSR count). The molecule has 1 aromatic heterocycles. The number of hydrogen-bond donors (Lipinski definition) is 3. The number of carbonyl (C=O) groups is 1. The van der Waals surface area contributed by atoms with Gasteiger partial charge in [0.05, 0.1) is 0 Å². The fraction of sp³-hybridized carbons (Fsp3) is 0.500. The molecule has 0 radical (unpaired) electrons. The maximum Gasteiger partial charge on any atom is 0.303 e. The summed E-state index contributed by atoms with van der Waals surface area (Å²) in [5.74, 6) is -0.712. The number of unbranched alkanes of at least 4 members (excludes halogenated alkanes) is 1. The lowest BCUT2D eigenvalue weighted by atomic mass is 10.2. The van der Waals surface area contributed by atoms with Crippen molar-refractivity contribution in [2.45, 2.75) is 25.8 Å². The second-order valence-electron chi connectivity index (χ2n) is 3.25. The Bertz CT molecular complexity index is 257. The van der Waals surface area contributed by atoms with Crippen LogP contribution in [0.25, 0.3) is 0 Å². The van der Waals surface area contributed by atoms with E-state index in [0.717, 1.165) is 25.9 Å². The molecule has 0 saturated heterocycles. The van der Waals surface area contributed by atoms with Crippen molar-refractivity contribution in [3.05, 3.63) is 24.0 Å². The first-order valence-electron chi connectivity index (χ1n) is 4.83. The minimum Gasteiger partial charge on any atom is -0.481 e. The smallest absolute Gasteiger partial charge is 0.303 e. The average molecular weight is 196 g/mol. The molecule has 0 bridgehead atoms. The second kappa shape index (κ2) is 6.21. The van der Waals surface area contributed by atoms with Gasteiger partial charge in [-0.05, 0) is 31.0 Å². The summed E-state index contributed by atoms with van der Waals surface area (Å²) < 4.78 is 0. The van der Waals surface area contributed by atoms with Crippen molar-refractivity contribution in [1.29, 1.82) is 0 Å². The van der Waals surface area contributed by atoms with E-state index in [-0.39, 0.29) is 6.42 Å². The van der Waals surface area contributed by atoms with Crippen LogP contribution >= 0.6 is 0 Å². The molecule has 0 aromatic carbocycles. The monoisotopic (exact) mass is 196 g/mol. The van der Waals surface area contributed by atoms with Crippen molar-refractivity contribution in [1.82, 2.24) is 10.3 Å². The van der Waals surface area contributed by atoms with E-state index in [1.165, 1.54) is 5.56 Å². The first kappa shape index (κ1) is 10.8. The van der Waals surface area contributed by atoms with Crippen LogP contribution in [-0.4, -0.2) is 22.6 Å². The molecule has 14 heavy (non-hydrogen) atoms. The molecule has 0 aliphatic carbocycles. The fourth-order valence-corrected chi connectivity index (χ4v) is 1.23. The van der Waals surface area contributed by atoms with Crippen molar-refractivity contribution in [2.24, 2.45) is 0 Å². The van der Waals surface area contributed by atoms with Crippen molar-refractivity contribution in [2.75, 3.05) is 6.54 Å². The number of rotatable bonds is 7. The van der Waals surface area contributed by atoms with Gasteiger partial charge in [-0.1, -0.05) is 0 Å². The molecule has 0 fully saturated rings. The highest BCUT2D eigenvalue weighted by Crippen LogP contribution is 1.97. The van der Waals surface area contributed by atoms with Gasteiger partial charge < -0.3 is 15.4 Å². The zero-order valence-corrected chi connectivity index (χ0v) is 8.12. The fourth-order valence-electron chi connectivity index (χ4n) is 1.23. The number of carboxylic acids is 1. The van der Waals surface area contributed by atoms with Crippen molar-refractivity contribution < 1.29 is 9.90 Å². The van der Waals surface area contributed by atoms with E-state index in [0.29, 0.717) is 0 Å². The maximum atomic E-state index is 10.2. The number of aromatic amines is 1. The Kier molecular flexibility index (Phi) is 4.78. The topological polar surface area (TPSA) is 65.1 Å². The maximum absolute atomic E-state index is 10.2. The van der Waals surface area contributed by atoms with Crippen molar-refractivity contribution in [3.8, 4) is 0 Å². The molecule has 1 heterocycles. The summed E-state index contributed by atoms with van der Waals surface area (Å²) in [5.41, 5.74) is 1.23. The Morgan fingerprint density at radius 3 is 3.00 bits per heavy atom. The van der Waals surface area contributed by atoms with E-state index < -0.39 is 5.97 Å². The summed E-state index contributed by atoms with van der Waals surface area (Å²) in [7, 11) is 0. The quantitative estimate of drug-likeness (QED) is 0.577. The third-order valence-corrected chi connectivity index (χ3v) is 1.99. The van der Waals surface area contributed by atoms with Crippen LogP contribution < -0.4 is 5.32 Å². The lowest BCUT2D eigenvalue weighted by Crippen LogP contribution is -2.14. The summed E-state index contributed by atoms with van der Waals surface area (Å²) >= 11 is 0. The zero-order chi connectivity index (χ0) is 10.2. The van der Waals surface area contributed by atoms with Gasteiger partial charge in [0.15, 0.2) is 0 Å². The van der Waals surface area contributed by atoms with Gasteiger partial charge in [0.1, 0.15) is 0 Å². The van der Waals surface area contributed by atoms with Crippen molar-refractivity contribution in [3.63, 3.8) is 0 Å². The predicted molar refractivity (Wildman–Crippen MR) is 54.0 cm³/mol. The highest BCUT2D eigenvalue weighted by Gasteiger charge is 1.96. The number of hydrogen-bond acceptors (Lipinski definition) is 2. The molecule has 0 spiro atoms. The third kappa shape index (κ3) is 4.67. The van der Waals surface area contributed by atoms with Crippen LogP contribution in [-0.2, 0) is 11.3 Å². The van der Waals surface area contributed by atoms with Gasteiger partial charge in [-0.3, -0.25) is 4.79 Å². The Morgan fingerprint density at radius 2 is 2.36 bits per heavy atom. The minimum absolute atomic E-state index is 0.270. The Labute approximate surface area is 83.3 Å². The number of nitrogens with one attached hydrogen (secondary N) is 2. The summed E-state index contributed by atoms with van der Waals surface area (Å²) in [6.45, 7) is 1.72. The standard InChI is InChI=1S/C10H16N2O2/c13-10(14)3-1-2-5-11-7-9-4-6-12-8-9/h4,6,8,11-12H,1-3,5,7H2,(H,13,14). The van der Waals surface area contributed by atoms with E-state index in [9.17, 15) is 4.79 Å². The molecule has 4 heteroatoms. The molecule has 0 saturated carbocycles. The molecule has 0 amide bonds. The number of carboxylic acid groups (broad SMARTS) is 1. The van der Waals surface area contributed by atoms with Gasteiger partial charge in [-0.2, -0.15) is 0 Å². The van der Waals surface area contributed by atoms with Crippen LogP contribution in [0.15, 0.2) is 18.5 Å². The summed E-state index contributed by atoms with van der Waals surface area (Å²) in [6, 6.07) is 2.02. The van der Waals surface area contributed by atoms with E-state index >= 15 is 0 Å². The first-order valence-corrected chi connectivity index (χ1v) is 4.83. The molecule has 0 atom stereocenters. The van der Waals surface area contributed by atoms with E-state index in [1.807, 2.05) is 18.5 Å². The van der Waals surface area contributed by atoms with E-state index in [4.69, 9.17) is 5.11 Å². The lowest BCUT2D eigenvalue weighted by Gasteiger charge is -2.01. The molecule has 1 aromatic rings. The largest absolute Gasteiger partial charge is 0.481 e. The molecule has 4 nitrogen and oxygen atoms in total. The minimum atomic E-state index is -0.712. The van der Waals surface area contributed by atoms with Crippen LogP contribution in [0.3, 0.4) is 0 Å². The van der Waals surface area contributed by atoms with Gasteiger partial charge in [-0.15, -0.1) is 0 Å². The third-order valence-electron chi connectivity index (χ3n) is 1.99. The molecule has 0 aliphatic rings. The number of aliphatic carboxylic acids is 1. The van der Waals surface area contributed by atoms with Crippen molar-refractivity contribution >= 4 is 5.97 Å². The molecular formula is C10H16N2O2. The van der Waals surface area contributed by atoms with E-state index in [1.54, 1.807) is 0 Å². The van der Waals surface area contributed by atoms with Crippen LogP contribution in [0.2, 0.25) is 0 Å². The summed E-state index contributed by atoms with van der Waals surface area (Å²) in [6.07, 6.45) is 5.77. The van der Waals surface area contributed by atoms with Crippen LogP contribution in [0, 0.1) is 0 Å². The van der Waals surface area contributed by atoms with Gasteiger partial charge >= 0.3 is 5.97 Å². The SMILES string of the molecule is O=C(O)CCCCNCc1cc[nH]c1. The first-order chi connectivity index (χ1) is 6.79.